The first kappa shape index (κ1) is 15.5. The summed E-state index contributed by atoms with van der Waals surface area (Å²) in [5.74, 6) is 0. The maximum absolute atomic E-state index is 13.1. The number of aliphatic hydroxyl groups is 1. The molecule has 120 valence electrons. The Hall–Kier alpha value is -1.44. The zero-order valence-corrected chi connectivity index (χ0v) is 13.4. The van der Waals surface area contributed by atoms with E-state index in [0.29, 0.717) is 30.4 Å². The summed E-state index contributed by atoms with van der Waals surface area (Å²) in [4.78, 5) is 7.30. The Balaban J connectivity index is 2.04. The summed E-state index contributed by atoms with van der Waals surface area (Å²) in [6, 6.07) is 3.13. The van der Waals surface area contributed by atoms with Gasteiger partial charge in [-0.1, -0.05) is 13.3 Å². The Morgan fingerprint density at radius 1 is 1.50 bits per heavy atom. The Kier molecular flexibility index (Phi) is 4.20. The van der Waals surface area contributed by atoms with Crippen molar-refractivity contribution in [3.05, 3.63) is 24.5 Å². The molecule has 22 heavy (non-hydrogen) atoms. The van der Waals surface area contributed by atoms with Crippen LogP contribution < -0.4 is 0 Å². The molecule has 2 N–H and O–H groups in total. The van der Waals surface area contributed by atoms with E-state index in [0.717, 1.165) is 12.8 Å². The molecule has 2 unspecified atom stereocenters. The molecule has 1 aliphatic rings. The zero-order valence-electron chi connectivity index (χ0n) is 12.6. The third kappa shape index (κ3) is 2.53. The van der Waals surface area contributed by atoms with Crippen molar-refractivity contribution >= 4 is 21.1 Å². The van der Waals surface area contributed by atoms with E-state index < -0.39 is 16.1 Å². The van der Waals surface area contributed by atoms with E-state index in [1.165, 1.54) is 10.5 Å². The second kappa shape index (κ2) is 5.98. The second-order valence-corrected chi connectivity index (χ2v) is 7.57. The van der Waals surface area contributed by atoms with Gasteiger partial charge in [-0.3, -0.25) is 0 Å². The monoisotopic (exact) mass is 323 g/mol. The van der Waals surface area contributed by atoms with E-state index in [4.69, 9.17) is 0 Å². The van der Waals surface area contributed by atoms with Gasteiger partial charge in [0.25, 0.3) is 0 Å². The first-order valence-electron chi connectivity index (χ1n) is 7.67. The van der Waals surface area contributed by atoms with Crippen molar-refractivity contribution < 1.29 is 13.5 Å². The molecular formula is C15H21N3O3S. The van der Waals surface area contributed by atoms with Gasteiger partial charge in [0, 0.05) is 24.3 Å². The number of aromatic amines is 1. The molecule has 0 aromatic carbocycles. The van der Waals surface area contributed by atoms with Gasteiger partial charge in [0.15, 0.2) is 0 Å². The van der Waals surface area contributed by atoms with Gasteiger partial charge in [0.2, 0.25) is 10.0 Å². The van der Waals surface area contributed by atoms with Gasteiger partial charge < -0.3 is 10.1 Å². The Bertz CT molecular complexity index is 756. The summed E-state index contributed by atoms with van der Waals surface area (Å²) in [5, 5.41) is 10.8. The molecule has 0 radical (unpaired) electrons. The van der Waals surface area contributed by atoms with Gasteiger partial charge in [0.05, 0.1) is 12.1 Å². The van der Waals surface area contributed by atoms with Crippen LogP contribution >= 0.6 is 0 Å². The van der Waals surface area contributed by atoms with Crippen LogP contribution in [0.1, 0.15) is 32.6 Å². The van der Waals surface area contributed by atoms with Crippen LogP contribution in [0.2, 0.25) is 0 Å². The largest absolute Gasteiger partial charge is 0.391 e. The second-order valence-electron chi connectivity index (χ2n) is 5.71. The van der Waals surface area contributed by atoms with Crippen LogP contribution in [0.4, 0.5) is 0 Å². The van der Waals surface area contributed by atoms with Gasteiger partial charge in [-0.2, -0.15) is 4.31 Å². The first-order valence-corrected chi connectivity index (χ1v) is 9.11. The lowest BCUT2D eigenvalue weighted by Crippen LogP contribution is -2.49. The molecular weight excluding hydrogens is 302 g/mol. The third-order valence-electron chi connectivity index (χ3n) is 4.36. The van der Waals surface area contributed by atoms with Crippen LogP contribution in [0, 0.1) is 0 Å². The molecule has 0 amide bonds. The highest BCUT2D eigenvalue weighted by molar-refractivity contribution is 7.89. The van der Waals surface area contributed by atoms with Crippen LogP contribution in [0.5, 0.6) is 0 Å². The number of pyridine rings is 1. The lowest BCUT2D eigenvalue weighted by molar-refractivity contribution is 0.0668. The van der Waals surface area contributed by atoms with E-state index >= 15 is 0 Å². The number of piperidine rings is 1. The zero-order chi connectivity index (χ0) is 15.7. The normalized spacial score (nSPS) is 22.0. The van der Waals surface area contributed by atoms with Crippen molar-refractivity contribution in [3.8, 4) is 0 Å². The van der Waals surface area contributed by atoms with Gasteiger partial charge in [-0.15, -0.1) is 0 Å². The number of sulfonamides is 1. The number of hydrogen-bond donors (Lipinski definition) is 2. The molecule has 2 aromatic heterocycles. The number of fused-ring (bicyclic) bond motifs is 1. The Morgan fingerprint density at radius 3 is 3.09 bits per heavy atom. The number of H-pyrrole nitrogens is 1. The Labute approximate surface area is 130 Å². The van der Waals surface area contributed by atoms with Crippen LogP contribution in [0.25, 0.3) is 11.0 Å². The molecule has 1 fully saturated rings. The van der Waals surface area contributed by atoms with Gasteiger partial charge >= 0.3 is 0 Å². The quantitative estimate of drug-likeness (QED) is 0.899. The molecule has 1 aliphatic heterocycles. The van der Waals surface area contributed by atoms with Crippen molar-refractivity contribution in [2.24, 2.45) is 0 Å². The molecule has 2 atom stereocenters. The lowest BCUT2D eigenvalue weighted by Gasteiger charge is -2.37. The molecule has 6 nitrogen and oxygen atoms in total. The average molecular weight is 323 g/mol. The number of aliphatic hydroxyl groups excluding tert-OH is 1. The van der Waals surface area contributed by atoms with E-state index in [1.807, 2.05) is 6.92 Å². The van der Waals surface area contributed by atoms with Crippen LogP contribution in [0.15, 0.2) is 29.4 Å². The van der Waals surface area contributed by atoms with Crippen molar-refractivity contribution in [3.63, 3.8) is 0 Å². The summed E-state index contributed by atoms with van der Waals surface area (Å²) in [6.07, 6.45) is 5.52. The maximum Gasteiger partial charge on any atom is 0.245 e. The number of aromatic nitrogens is 2. The van der Waals surface area contributed by atoms with Crippen LogP contribution in [0.3, 0.4) is 0 Å². The van der Waals surface area contributed by atoms with Gasteiger partial charge in [-0.25, -0.2) is 13.4 Å². The molecule has 1 saturated heterocycles. The SMILES string of the molecule is CCC(O)C1CCCCN1S(=O)(=O)c1c[nH]c2ncccc12. The maximum atomic E-state index is 13.1. The molecule has 7 heteroatoms. The molecule has 2 aromatic rings. The highest BCUT2D eigenvalue weighted by Crippen LogP contribution is 2.31. The predicted octanol–water partition coefficient (Wildman–Crippen LogP) is 1.88. The van der Waals surface area contributed by atoms with Crippen LogP contribution in [-0.4, -0.2) is 46.5 Å². The van der Waals surface area contributed by atoms with E-state index in [-0.39, 0.29) is 10.9 Å². The molecule has 0 aliphatic carbocycles. The van der Waals surface area contributed by atoms with E-state index in [9.17, 15) is 13.5 Å². The summed E-state index contributed by atoms with van der Waals surface area (Å²) < 4.78 is 27.6. The Morgan fingerprint density at radius 2 is 2.32 bits per heavy atom. The highest BCUT2D eigenvalue weighted by Gasteiger charge is 2.37. The number of nitrogens with one attached hydrogen (secondary N) is 1. The number of rotatable bonds is 4. The van der Waals surface area contributed by atoms with Crippen molar-refractivity contribution in [2.75, 3.05) is 6.54 Å². The smallest absolute Gasteiger partial charge is 0.245 e. The standard InChI is InChI=1S/C15H21N3O3S/c1-2-13(19)12-7-3-4-9-18(12)22(20,21)14-10-17-15-11(14)6-5-8-16-15/h5-6,8,10,12-13,19H,2-4,7,9H2,1H3,(H,16,17). The molecule has 0 bridgehead atoms. The van der Waals surface area contributed by atoms with Crippen molar-refractivity contribution in [1.82, 2.24) is 14.3 Å². The fraction of sp³-hybridized carbons (Fsp3) is 0.533. The highest BCUT2D eigenvalue weighted by atomic mass is 32.2. The van der Waals surface area contributed by atoms with Crippen molar-refractivity contribution in [2.45, 2.75) is 49.6 Å². The third-order valence-corrected chi connectivity index (χ3v) is 6.32. The minimum atomic E-state index is -3.65. The lowest BCUT2D eigenvalue weighted by atomic mass is 9.98. The molecule has 3 heterocycles. The number of nitrogens with zero attached hydrogens (tertiary/aromatic N) is 2. The fourth-order valence-electron chi connectivity index (χ4n) is 3.16. The van der Waals surface area contributed by atoms with Crippen LogP contribution in [-0.2, 0) is 10.0 Å². The summed E-state index contributed by atoms with van der Waals surface area (Å²) >= 11 is 0. The van der Waals surface area contributed by atoms with Gasteiger partial charge in [0.1, 0.15) is 10.5 Å². The van der Waals surface area contributed by atoms with Gasteiger partial charge in [-0.05, 0) is 31.4 Å². The minimum absolute atomic E-state index is 0.241. The van der Waals surface area contributed by atoms with E-state index in [1.54, 1.807) is 18.3 Å². The summed E-state index contributed by atoms with van der Waals surface area (Å²) in [6.45, 7) is 2.33. The topological polar surface area (TPSA) is 86.3 Å². The first-order chi connectivity index (χ1) is 10.6. The summed E-state index contributed by atoms with van der Waals surface area (Å²) in [7, 11) is -3.65. The number of hydrogen-bond acceptors (Lipinski definition) is 4. The van der Waals surface area contributed by atoms with Crippen molar-refractivity contribution in [1.29, 1.82) is 0 Å². The van der Waals surface area contributed by atoms with E-state index in [2.05, 4.69) is 9.97 Å². The fourth-order valence-corrected chi connectivity index (χ4v) is 5.03. The minimum Gasteiger partial charge on any atom is -0.391 e. The molecule has 0 saturated carbocycles. The predicted molar refractivity (Wildman–Crippen MR) is 83.9 cm³/mol. The average Bonchev–Trinajstić information content (AvgIpc) is 2.99. The molecule has 0 spiro atoms. The molecule has 3 rings (SSSR count). The summed E-state index contributed by atoms with van der Waals surface area (Å²) in [5.41, 5.74) is 0.561.